The fourth-order valence-corrected chi connectivity index (χ4v) is 3.59. The Morgan fingerprint density at radius 1 is 1.50 bits per heavy atom. The van der Waals surface area contributed by atoms with Gasteiger partial charge in [-0.25, -0.2) is 19.7 Å². The Hall–Kier alpha value is -1.16. The molecule has 106 valence electrons. The number of rotatable bonds is 1. The van der Waals surface area contributed by atoms with Crippen LogP contribution >= 0.6 is 34.2 Å². The summed E-state index contributed by atoms with van der Waals surface area (Å²) in [5, 5.41) is 0.307. The molecule has 1 amide bonds. The van der Waals surface area contributed by atoms with Crippen molar-refractivity contribution < 1.29 is 9.53 Å². The van der Waals surface area contributed by atoms with Gasteiger partial charge in [-0.3, -0.25) is 9.47 Å². The van der Waals surface area contributed by atoms with E-state index in [-0.39, 0.29) is 16.2 Å². The van der Waals surface area contributed by atoms with Crippen molar-refractivity contribution in [2.45, 2.75) is 16.5 Å². The van der Waals surface area contributed by atoms with Gasteiger partial charge in [-0.2, -0.15) is 0 Å². The molecule has 20 heavy (non-hydrogen) atoms. The van der Waals surface area contributed by atoms with Crippen molar-refractivity contribution in [3.8, 4) is 0 Å². The molecule has 9 heteroatoms. The van der Waals surface area contributed by atoms with Crippen molar-refractivity contribution in [2.75, 3.05) is 13.7 Å². The first kappa shape index (κ1) is 13.8. The largest absolute Gasteiger partial charge is 0.453 e. The Morgan fingerprint density at radius 2 is 2.30 bits per heavy atom. The number of alkyl halides is 1. The Bertz CT molecular complexity index is 663. The third-order valence-electron chi connectivity index (χ3n) is 3.30. The zero-order valence-electron chi connectivity index (χ0n) is 10.5. The minimum absolute atomic E-state index is 0.181. The van der Waals surface area contributed by atoms with Gasteiger partial charge in [0.25, 0.3) is 0 Å². The van der Waals surface area contributed by atoms with Crippen molar-refractivity contribution in [3.05, 3.63) is 17.8 Å². The van der Waals surface area contributed by atoms with Crippen molar-refractivity contribution in [3.63, 3.8) is 0 Å². The predicted octanol–water partition coefficient (Wildman–Crippen LogP) is 2.25. The van der Waals surface area contributed by atoms with Crippen molar-refractivity contribution >= 4 is 51.4 Å². The van der Waals surface area contributed by atoms with Crippen LogP contribution in [0.4, 0.5) is 4.79 Å². The monoisotopic (exact) mass is 407 g/mol. The Balaban J connectivity index is 2.09. The maximum Gasteiger partial charge on any atom is 0.411 e. The molecule has 2 aromatic rings. The number of carbonyl (C=O) groups is 1. The SMILES string of the molecule is COC(=O)N1CC[C@H](I)[C@H]1n1cnc2c(Cl)ncnc21. The highest BCUT2D eigenvalue weighted by Gasteiger charge is 2.38. The summed E-state index contributed by atoms with van der Waals surface area (Å²) in [7, 11) is 1.38. The maximum absolute atomic E-state index is 11.9. The standard InChI is InChI=1S/C11H11ClIN5O2/c1-20-11(19)17-3-2-6(13)10(17)18-5-16-7-8(12)14-4-15-9(7)18/h4-6,10H,2-3H2,1H3/t6-,10+/m0/s1. The predicted molar refractivity (Wildman–Crippen MR) is 80.9 cm³/mol. The van der Waals surface area contributed by atoms with Crippen LogP contribution in [0.2, 0.25) is 5.15 Å². The minimum atomic E-state index is -0.351. The van der Waals surface area contributed by atoms with Crippen molar-refractivity contribution in [1.29, 1.82) is 0 Å². The van der Waals surface area contributed by atoms with Crippen LogP contribution < -0.4 is 0 Å². The van der Waals surface area contributed by atoms with Crippen molar-refractivity contribution in [1.82, 2.24) is 24.4 Å². The summed E-state index contributed by atoms with van der Waals surface area (Å²) in [5.74, 6) is 0. The molecule has 1 saturated heterocycles. The number of amides is 1. The average Bonchev–Trinajstić information content (AvgIpc) is 3.02. The number of imidazole rings is 1. The van der Waals surface area contributed by atoms with E-state index in [1.54, 1.807) is 11.2 Å². The van der Waals surface area contributed by atoms with E-state index >= 15 is 0 Å². The van der Waals surface area contributed by atoms with E-state index in [2.05, 4.69) is 37.5 Å². The summed E-state index contributed by atoms with van der Waals surface area (Å²) >= 11 is 8.33. The van der Waals surface area contributed by atoms with Gasteiger partial charge in [0.2, 0.25) is 0 Å². The van der Waals surface area contributed by atoms with Gasteiger partial charge in [-0.1, -0.05) is 34.2 Å². The third kappa shape index (κ3) is 2.10. The number of carbonyl (C=O) groups excluding carboxylic acids is 1. The average molecular weight is 408 g/mol. The second-order valence-corrected chi connectivity index (χ2v) is 6.33. The molecular weight excluding hydrogens is 397 g/mol. The molecule has 2 aromatic heterocycles. The van der Waals surface area contributed by atoms with Gasteiger partial charge in [0.1, 0.15) is 18.0 Å². The molecular formula is C11H11ClIN5O2. The molecule has 0 spiro atoms. The summed E-state index contributed by atoms with van der Waals surface area (Å²) in [4.78, 5) is 25.9. The molecule has 0 aliphatic carbocycles. The summed E-state index contributed by atoms with van der Waals surface area (Å²) < 4.78 is 6.94. The molecule has 3 rings (SSSR count). The van der Waals surface area contributed by atoms with Crippen LogP contribution in [0, 0.1) is 0 Å². The Kier molecular flexibility index (Phi) is 3.67. The fourth-order valence-electron chi connectivity index (χ4n) is 2.40. The molecule has 7 nitrogen and oxygen atoms in total. The highest BCUT2D eigenvalue weighted by Crippen LogP contribution is 2.35. The summed E-state index contributed by atoms with van der Waals surface area (Å²) in [6, 6.07) is 0. The van der Waals surface area contributed by atoms with Gasteiger partial charge >= 0.3 is 6.09 Å². The number of halogens is 2. The van der Waals surface area contributed by atoms with Crippen LogP contribution in [0.5, 0.6) is 0 Å². The second kappa shape index (κ2) is 5.32. The van der Waals surface area contributed by atoms with Crippen LogP contribution in [0.25, 0.3) is 11.2 Å². The van der Waals surface area contributed by atoms with E-state index < -0.39 is 0 Å². The topological polar surface area (TPSA) is 73.1 Å². The maximum atomic E-state index is 11.9. The van der Waals surface area contributed by atoms with Gasteiger partial charge in [0.05, 0.1) is 17.4 Å². The van der Waals surface area contributed by atoms with Crippen LogP contribution in [0.15, 0.2) is 12.7 Å². The lowest BCUT2D eigenvalue weighted by Crippen LogP contribution is -2.35. The molecule has 0 saturated carbocycles. The van der Waals surface area contributed by atoms with Crippen LogP contribution in [0.3, 0.4) is 0 Å². The Morgan fingerprint density at radius 3 is 3.05 bits per heavy atom. The van der Waals surface area contributed by atoms with E-state index in [0.29, 0.717) is 22.9 Å². The van der Waals surface area contributed by atoms with E-state index in [4.69, 9.17) is 16.3 Å². The first-order valence-electron chi connectivity index (χ1n) is 5.95. The minimum Gasteiger partial charge on any atom is -0.453 e. The number of hydrogen-bond acceptors (Lipinski definition) is 5. The van der Waals surface area contributed by atoms with E-state index in [1.165, 1.54) is 13.4 Å². The third-order valence-corrected chi connectivity index (χ3v) is 4.84. The molecule has 0 radical (unpaired) electrons. The number of ether oxygens (including phenoxy) is 1. The zero-order valence-corrected chi connectivity index (χ0v) is 13.4. The number of fused-ring (bicyclic) bond motifs is 1. The van der Waals surface area contributed by atoms with Gasteiger partial charge in [0, 0.05) is 6.54 Å². The molecule has 1 aliphatic heterocycles. The zero-order chi connectivity index (χ0) is 14.3. The molecule has 0 bridgehead atoms. The highest BCUT2D eigenvalue weighted by atomic mass is 127. The molecule has 0 aromatic carbocycles. The fraction of sp³-hybridized carbons (Fsp3) is 0.455. The van der Waals surface area contributed by atoms with Gasteiger partial charge in [-0.15, -0.1) is 0 Å². The van der Waals surface area contributed by atoms with Gasteiger partial charge < -0.3 is 4.74 Å². The number of likely N-dealkylation sites (tertiary alicyclic amines) is 1. The first-order valence-corrected chi connectivity index (χ1v) is 7.57. The number of methoxy groups -OCH3 is 1. The molecule has 3 heterocycles. The van der Waals surface area contributed by atoms with E-state index in [1.807, 2.05) is 4.57 Å². The smallest absolute Gasteiger partial charge is 0.411 e. The Labute approximate surface area is 133 Å². The second-order valence-electron chi connectivity index (χ2n) is 4.37. The molecule has 1 fully saturated rings. The van der Waals surface area contributed by atoms with Gasteiger partial charge in [-0.05, 0) is 6.42 Å². The highest BCUT2D eigenvalue weighted by molar-refractivity contribution is 14.1. The van der Waals surface area contributed by atoms with Crippen LogP contribution in [-0.4, -0.2) is 48.1 Å². The number of aromatic nitrogens is 4. The number of hydrogen-bond donors (Lipinski definition) is 0. The van der Waals surface area contributed by atoms with E-state index in [0.717, 1.165) is 6.42 Å². The molecule has 0 unspecified atom stereocenters. The quantitative estimate of drug-likeness (QED) is 0.412. The lowest BCUT2D eigenvalue weighted by atomic mass is 10.3. The van der Waals surface area contributed by atoms with Crippen molar-refractivity contribution in [2.24, 2.45) is 0 Å². The van der Waals surface area contributed by atoms with E-state index in [9.17, 15) is 4.79 Å². The number of nitrogens with zero attached hydrogens (tertiary/aromatic N) is 5. The first-order chi connectivity index (χ1) is 9.63. The van der Waals surface area contributed by atoms with Crippen LogP contribution in [-0.2, 0) is 4.74 Å². The normalized spacial score (nSPS) is 22.4. The lowest BCUT2D eigenvalue weighted by molar-refractivity contribution is 0.107. The van der Waals surface area contributed by atoms with Crippen LogP contribution in [0.1, 0.15) is 12.6 Å². The summed E-state index contributed by atoms with van der Waals surface area (Å²) in [5.41, 5.74) is 1.15. The lowest BCUT2D eigenvalue weighted by Gasteiger charge is -2.26. The van der Waals surface area contributed by atoms with Gasteiger partial charge in [0.15, 0.2) is 10.8 Å². The summed E-state index contributed by atoms with van der Waals surface area (Å²) in [6.45, 7) is 0.642. The molecule has 2 atom stereocenters. The summed E-state index contributed by atoms with van der Waals surface area (Å²) in [6.07, 6.45) is 3.39. The molecule has 0 N–H and O–H groups in total. The molecule has 1 aliphatic rings.